The van der Waals surface area contributed by atoms with Crippen LogP contribution in [0.3, 0.4) is 0 Å². The van der Waals surface area contributed by atoms with Crippen molar-refractivity contribution in [1.29, 1.82) is 0 Å². The zero-order valence-corrected chi connectivity index (χ0v) is 11.5. The fraction of sp³-hybridized carbons (Fsp3) is 1.00. The van der Waals surface area contributed by atoms with Gasteiger partial charge in [-0.2, -0.15) is 0 Å². The van der Waals surface area contributed by atoms with Crippen molar-refractivity contribution in [3.05, 3.63) is 0 Å². The number of methoxy groups -OCH3 is 1. The van der Waals surface area contributed by atoms with Crippen LogP contribution in [0, 0.1) is 0 Å². The summed E-state index contributed by atoms with van der Waals surface area (Å²) in [5.41, 5.74) is 0.457. The summed E-state index contributed by atoms with van der Waals surface area (Å²) in [6.07, 6.45) is 2.36. The first-order valence-corrected chi connectivity index (χ1v) is 5.86. The third-order valence-corrected chi connectivity index (χ3v) is 2.93. The van der Waals surface area contributed by atoms with Crippen molar-refractivity contribution in [2.45, 2.75) is 57.7 Å². The molecule has 1 heterocycles. The molecule has 4 heteroatoms. The normalized spacial score (nSPS) is 23.8. The third-order valence-electron chi connectivity index (χ3n) is 2.93. The molecule has 0 aromatic heterocycles. The summed E-state index contributed by atoms with van der Waals surface area (Å²) in [6.45, 7) is 10.9. The van der Waals surface area contributed by atoms with Crippen molar-refractivity contribution in [3.63, 3.8) is 0 Å². The Kier molecular flexibility index (Phi) is 5.90. The molecule has 0 aromatic rings. The molecule has 1 aliphatic rings. The Hall–Kier alpha value is -0.160. The van der Waals surface area contributed by atoms with Gasteiger partial charge in [0.2, 0.25) is 0 Å². The third kappa shape index (κ3) is 5.25. The molecule has 1 aliphatic heterocycles. The molecule has 0 radical (unpaired) electrons. The molecule has 5 N–H and O–H groups in total. The fourth-order valence-corrected chi connectivity index (χ4v) is 2.83. The predicted octanol–water partition coefficient (Wildman–Crippen LogP) is 1.69. The molecule has 1 rings (SSSR count). The molecule has 16 heavy (non-hydrogen) atoms. The van der Waals surface area contributed by atoms with Crippen molar-refractivity contribution in [2.75, 3.05) is 20.3 Å². The van der Waals surface area contributed by atoms with E-state index in [9.17, 15) is 0 Å². The summed E-state index contributed by atoms with van der Waals surface area (Å²) in [5, 5.41) is 7.25. The van der Waals surface area contributed by atoms with Crippen LogP contribution in [0.1, 0.15) is 40.5 Å². The lowest BCUT2D eigenvalue weighted by molar-refractivity contribution is 0.135. The van der Waals surface area contributed by atoms with Gasteiger partial charge in [0, 0.05) is 30.8 Å². The standard InChI is InChI=1S/C12H26N2O.H3N/c1-11(2)8-10(13-6-7-15-5)9-12(3,4)14-11;/h10,13-14H,6-9H2,1-5H3;1H3. The van der Waals surface area contributed by atoms with Crippen LogP contribution < -0.4 is 16.8 Å². The maximum atomic E-state index is 5.06. The summed E-state index contributed by atoms with van der Waals surface area (Å²) >= 11 is 0. The minimum Gasteiger partial charge on any atom is -0.383 e. The second kappa shape index (κ2) is 5.96. The zero-order valence-electron chi connectivity index (χ0n) is 11.5. The van der Waals surface area contributed by atoms with Crippen molar-refractivity contribution in [3.8, 4) is 0 Å². The molecular weight excluding hydrogens is 202 g/mol. The Balaban J connectivity index is 0.00000225. The van der Waals surface area contributed by atoms with E-state index in [2.05, 4.69) is 38.3 Å². The Labute approximate surface area is 100 Å². The SMILES string of the molecule is COCCNC1CC(C)(C)NC(C)(C)C1.N. The van der Waals surface area contributed by atoms with E-state index >= 15 is 0 Å². The van der Waals surface area contributed by atoms with E-state index in [0.717, 1.165) is 13.2 Å². The molecule has 4 nitrogen and oxygen atoms in total. The highest BCUT2D eigenvalue weighted by Crippen LogP contribution is 2.28. The second-order valence-corrected chi connectivity index (χ2v) is 5.94. The lowest BCUT2D eigenvalue weighted by Crippen LogP contribution is -2.61. The predicted molar refractivity (Wildman–Crippen MR) is 69.2 cm³/mol. The van der Waals surface area contributed by atoms with Crippen LogP contribution in [0.15, 0.2) is 0 Å². The van der Waals surface area contributed by atoms with Crippen LogP contribution in [0.4, 0.5) is 0 Å². The van der Waals surface area contributed by atoms with Gasteiger partial charge in [0.05, 0.1) is 6.61 Å². The monoisotopic (exact) mass is 231 g/mol. The van der Waals surface area contributed by atoms with Gasteiger partial charge >= 0.3 is 0 Å². The van der Waals surface area contributed by atoms with Crippen LogP contribution in [-0.4, -0.2) is 37.4 Å². The number of hydrogen-bond donors (Lipinski definition) is 3. The molecule has 0 amide bonds. The number of ether oxygens (including phenoxy) is 1. The summed E-state index contributed by atoms with van der Waals surface area (Å²) < 4.78 is 5.06. The van der Waals surface area contributed by atoms with Gasteiger partial charge in [0.1, 0.15) is 0 Å². The molecule has 0 bridgehead atoms. The highest BCUT2D eigenvalue weighted by Gasteiger charge is 2.37. The van der Waals surface area contributed by atoms with Crippen LogP contribution in [0.5, 0.6) is 0 Å². The van der Waals surface area contributed by atoms with E-state index < -0.39 is 0 Å². The molecule has 0 spiro atoms. The van der Waals surface area contributed by atoms with Crippen LogP contribution >= 0.6 is 0 Å². The van der Waals surface area contributed by atoms with Gasteiger partial charge in [-0.05, 0) is 40.5 Å². The maximum absolute atomic E-state index is 5.06. The topological polar surface area (TPSA) is 68.3 Å². The van der Waals surface area contributed by atoms with Gasteiger partial charge in [-0.15, -0.1) is 0 Å². The average Bonchev–Trinajstić information content (AvgIpc) is 1.98. The first-order chi connectivity index (χ1) is 6.85. The molecule has 0 unspecified atom stereocenters. The zero-order chi connectivity index (χ0) is 11.5. The molecule has 0 saturated carbocycles. The molecule has 0 aliphatic carbocycles. The smallest absolute Gasteiger partial charge is 0.0587 e. The van der Waals surface area contributed by atoms with E-state index in [4.69, 9.17) is 4.74 Å². The number of piperidine rings is 1. The van der Waals surface area contributed by atoms with E-state index in [1.807, 2.05) is 0 Å². The quantitative estimate of drug-likeness (QED) is 0.644. The summed E-state index contributed by atoms with van der Waals surface area (Å²) in [5.74, 6) is 0. The van der Waals surface area contributed by atoms with Crippen molar-refractivity contribution >= 4 is 0 Å². The van der Waals surface area contributed by atoms with Gasteiger partial charge in [0.25, 0.3) is 0 Å². The second-order valence-electron chi connectivity index (χ2n) is 5.94. The molecule has 1 saturated heterocycles. The van der Waals surface area contributed by atoms with Gasteiger partial charge in [-0.25, -0.2) is 0 Å². The first kappa shape index (κ1) is 15.8. The van der Waals surface area contributed by atoms with Crippen LogP contribution in [0.25, 0.3) is 0 Å². The average molecular weight is 231 g/mol. The van der Waals surface area contributed by atoms with Crippen LogP contribution in [0.2, 0.25) is 0 Å². The van der Waals surface area contributed by atoms with Gasteiger partial charge in [0.15, 0.2) is 0 Å². The molecule has 1 fully saturated rings. The lowest BCUT2D eigenvalue weighted by atomic mass is 9.79. The highest BCUT2D eigenvalue weighted by atomic mass is 16.5. The van der Waals surface area contributed by atoms with Gasteiger partial charge in [-0.1, -0.05) is 0 Å². The van der Waals surface area contributed by atoms with E-state index in [1.165, 1.54) is 12.8 Å². The molecule has 0 atom stereocenters. The van der Waals surface area contributed by atoms with E-state index in [1.54, 1.807) is 7.11 Å². The molecule has 0 aromatic carbocycles. The number of nitrogens with one attached hydrogen (secondary N) is 2. The number of rotatable bonds is 4. The Morgan fingerprint density at radius 3 is 2.12 bits per heavy atom. The summed E-state index contributed by atoms with van der Waals surface area (Å²) in [7, 11) is 1.75. The minimum absolute atomic E-state index is 0. The molecular formula is C12H29N3O. The lowest BCUT2D eigenvalue weighted by Gasteiger charge is -2.46. The molecule has 98 valence electrons. The largest absolute Gasteiger partial charge is 0.383 e. The fourth-order valence-electron chi connectivity index (χ4n) is 2.83. The van der Waals surface area contributed by atoms with Crippen molar-refractivity contribution in [1.82, 2.24) is 16.8 Å². The van der Waals surface area contributed by atoms with Gasteiger partial charge < -0.3 is 21.5 Å². The van der Waals surface area contributed by atoms with Crippen molar-refractivity contribution < 1.29 is 4.74 Å². The van der Waals surface area contributed by atoms with Crippen LogP contribution in [-0.2, 0) is 4.74 Å². The minimum atomic E-state index is 0. The first-order valence-electron chi connectivity index (χ1n) is 5.86. The summed E-state index contributed by atoms with van der Waals surface area (Å²) in [6, 6.07) is 0.603. The maximum Gasteiger partial charge on any atom is 0.0587 e. The number of hydrogen-bond acceptors (Lipinski definition) is 4. The Morgan fingerprint density at radius 1 is 1.19 bits per heavy atom. The summed E-state index contributed by atoms with van der Waals surface area (Å²) in [4.78, 5) is 0. The van der Waals surface area contributed by atoms with Gasteiger partial charge in [-0.3, -0.25) is 0 Å². The van der Waals surface area contributed by atoms with E-state index in [0.29, 0.717) is 6.04 Å². The van der Waals surface area contributed by atoms with E-state index in [-0.39, 0.29) is 17.2 Å². The van der Waals surface area contributed by atoms with Crippen molar-refractivity contribution in [2.24, 2.45) is 0 Å². The highest BCUT2D eigenvalue weighted by molar-refractivity contribution is 4.99. The Bertz CT molecular complexity index is 188. The Morgan fingerprint density at radius 2 is 1.69 bits per heavy atom.